The van der Waals surface area contributed by atoms with Gasteiger partial charge in [0.1, 0.15) is 12.1 Å². The van der Waals surface area contributed by atoms with E-state index in [4.69, 9.17) is 0 Å². The van der Waals surface area contributed by atoms with E-state index in [9.17, 15) is 14.4 Å². The summed E-state index contributed by atoms with van der Waals surface area (Å²) in [5.74, 6) is -0.344. The molecule has 1 aliphatic carbocycles. The van der Waals surface area contributed by atoms with Crippen molar-refractivity contribution >= 4 is 17.8 Å². The molecule has 1 saturated carbocycles. The van der Waals surface area contributed by atoms with Gasteiger partial charge in [0.2, 0.25) is 5.91 Å². The number of amides is 4. The van der Waals surface area contributed by atoms with E-state index >= 15 is 0 Å². The lowest BCUT2D eigenvalue weighted by atomic mass is 9.98. The van der Waals surface area contributed by atoms with E-state index in [1.54, 1.807) is 4.90 Å². The standard InChI is InChI=1S/C15H24N4O3/c1-16-9-11-5-4-8-18(11)12(20)10-19-13(21)15(17-14(19)22)6-2-3-7-15/h11,16H,2-10H2,1H3,(H,17,22). The van der Waals surface area contributed by atoms with Gasteiger partial charge in [-0.2, -0.15) is 0 Å². The Balaban J connectivity index is 1.66. The Morgan fingerprint density at radius 1 is 1.32 bits per heavy atom. The molecule has 1 spiro atoms. The SMILES string of the molecule is CNCC1CCCN1C(=O)CN1C(=O)NC2(CCCC2)C1=O. The zero-order valence-corrected chi connectivity index (χ0v) is 13.1. The molecule has 3 rings (SSSR count). The number of rotatable bonds is 4. The van der Waals surface area contributed by atoms with Crippen molar-refractivity contribution in [1.82, 2.24) is 20.4 Å². The number of hydrogen-bond donors (Lipinski definition) is 2. The van der Waals surface area contributed by atoms with Gasteiger partial charge in [0.15, 0.2) is 0 Å². The second-order valence-corrected chi connectivity index (χ2v) is 6.55. The first kappa shape index (κ1) is 15.3. The topological polar surface area (TPSA) is 81.8 Å². The molecule has 7 nitrogen and oxygen atoms in total. The minimum atomic E-state index is -0.729. The molecular weight excluding hydrogens is 284 g/mol. The number of urea groups is 1. The summed E-state index contributed by atoms with van der Waals surface area (Å²) in [6, 6.07) is -0.247. The minimum Gasteiger partial charge on any atom is -0.337 e. The summed E-state index contributed by atoms with van der Waals surface area (Å²) < 4.78 is 0. The quantitative estimate of drug-likeness (QED) is 0.720. The van der Waals surface area contributed by atoms with Crippen molar-refractivity contribution in [2.45, 2.75) is 50.1 Å². The predicted octanol–water partition coefficient (Wildman–Crippen LogP) is 0.0614. The van der Waals surface area contributed by atoms with E-state index in [1.807, 2.05) is 7.05 Å². The summed E-state index contributed by atoms with van der Waals surface area (Å²) in [5, 5.41) is 5.91. The van der Waals surface area contributed by atoms with Gasteiger partial charge in [-0.25, -0.2) is 4.79 Å². The average Bonchev–Trinajstić information content (AvgIpc) is 3.18. The van der Waals surface area contributed by atoms with Crippen molar-refractivity contribution in [2.75, 3.05) is 26.7 Å². The average molecular weight is 308 g/mol. The summed E-state index contributed by atoms with van der Waals surface area (Å²) >= 11 is 0. The molecule has 2 heterocycles. The Labute approximate surface area is 130 Å². The fourth-order valence-electron chi connectivity index (χ4n) is 3.98. The van der Waals surface area contributed by atoms with Gasteiger partial charge >= 0.3 is 6.03 Å². The number of carbonyl (C=O) groups is 3. The summed E-state index contributed by atoms with van der Waals surface area (Å²) in [6.07, 6.45) is 5.22. The van der Waals surface area contributed by atoms with Crippen molar-refractivity contribution in [3.8, 4) is 0 Å². The van der Waals surface area contributed by atoms with Crippen LogP contribution in [0.1, 0.15) is 38.5 Å². The molecule has 4 amide bonds. The zero-order valence-electron chi connectivity index (χ0n) is 13.1. The van der Waals surface area contributed by atoms with E-state index < -0.39 is 11.6 Å². The monoisotopic (exact) mass is 308 g/mol. The van der Waals surface area contributed by atoms with Crippen molar-refractivity contribution < 1.29 is 14.4 Å². The zero-order chi connectivity index (χ0) is 15.7. The van der Waals surface area contributed by atoms with Gasteiger partial charge < -0.3 is 15.5 Å². The fourth-order valence-corrected chi connectivity index (χ4v) is 3.98. The van der Waals surface area contributed by atoms with Gasteiger partial charge in [0, 0.05) is 19.1 Å². The molecule has 1 atom stereocenters. The summed E-state index contributed by atoms with van der Waals surface area (Å²) in [4.78, 5) is 40.1. The molecular formula is C15H24N4O3. The van der Waals surface area contributed by atoms with E-state index in [0.29, 0.717) is 19.4 Å². The molecule has 1 unspecified atom stereocenters. The van der Waals surface area contributed by atoms with Crippen molar-refractivity contribution in [3.63, 3.8) is 0 Å². The number of nitrogens with zero attached hydrogens (tertiary/aromatic N) is 2. The van der Waals surface area contributed by atoms with Crippen molar-refractivity contribution in [2.24, 2.45) is 0 Å². The molecule has 0 aromatic carbocycles. The first-order valence-corrected chi connectivity index (χ1v) is 8.15. The molecule has 22 heavy (non-hydrogen) atoms. The molecule has 2 N–H and O–H groups in total. The third-order valence-corrected chi connectivity index (χ3v) is 5.13. The lowest BCUT2D eigenvalue weighted by molar-refractivity contribution is -0.139. The molecule has 3 fully saturated rings. The predicted molar refractivity (Wildman–Crippen MR) is 80.1 cm³/mol. The summed E-state index contributed by atoms with van der Waals surface area (Å²) in [5.41, 5.74) is -0.729. The van der Waals surface area contributed by atoms with Gasteiger partial charge in [-0.15, -0.1) is 0 Å². The van der Waals surface area contributed by atoms with E-state index in [2.05, 4.69) is 10.6 Å². The van der Waals surface area contributed by atoms with Crippen LogP contribution in [0.4, 0.5) is 4.79 Å². The van der Waals surface area contributed by atoms with Gasteiger partial charge in [-0.3, -0.25) is 14.5 Å². The van der Waals surface area contributed by atoms with E-state index in [1.165, 1.54) is 0 Å². The van der Waals surface area contributed by atoms with Crippen LogP contribution in [0, 0.1) is 0 Å². The largest absolute Gasteiger partial charge is 0.337 e. The minimum absolute atomic E-state index is 0.128. The van der Waals surface area contributed by atoms with E-state index in [0.717, 1.165) is 37.1 Å². The maximum Gasteiger partial charge on any atom is 0.325 e. The molecule has 0 aromatic rings. The van der Waals surface area contributed by atoms with Gasteiger partial charge in [-0.1, -0.05) is 12.8 Å². The van der Waals surface area contributed by atoms with Crippen LogP contribution in [0.3, 0.4) is 0 Å². The lowest BCUT2D eigenvalue weighted by Crippen LogP contribution is -2.48. The number of hydrogen-bond acceptors (Lipinski definition) is 4. The number of imide groups is 1. The third kappa shape index (κ3) is 2.47. The second kappa shape index (κ2) is 5.87. The van der Waals surface area contributed by atoms with Crippen LogP contribution in [0.15, 0.2) is 0 Å². The second-order valence-electron chi connectivity index (χ2n) is 6.55. The fraction of sp³-hybridized carbons (Fsp3) is 0.800. The van der Waals surface area contributed by atoms with Gasteiger partial charge in [-0.05, 0) is 32.7 Å². The van der Waals surface area contributed by atoms with Crippen LogP contribution < -0.4 is 10.6 Å². The maximum absolute atomic E-state index is 12.6. The van der Waals surface area contributed by atoms with Crippen LogP contribution in [0.25, 0.3) is 0 Å². The van der Waals surface area contributed by atoms with Crippen molar-refractivity contribution in [1.29, 1.82) is 0 Å². The molecule has 0 bridgehead atoms. The number of carbonyl (C=O) groups excluding carboxylic acids is 3. The van der Waals surface area contributed by atoms with Crippen LogP contribution in [-0.2, 0) is 9.59 Å². The third-order valence-electron chi connectivity index (χ3n) is 5.13. The first-order chi connectivity index (χ1) is 10.6. The van der Waals surface area contributed by atoms with E-state index in [-0.39, 0.29) is 24.4 Å². The smallest absolute Gasteiger partial charge is 0.325 e. The lowest BCUT2D eigenvalue weighted by Gasteiger charge is -2.26. The molecule has 0 aromatic heterocycles. The van der Waals surface area contributed by atoms with Crippen molar-refractivity contribution in [3.05, 3.63) is 0 Å². The Kier molecular flexibility index (Phi) is 4.08. The highest BCUT2D eigenvalue weighted by Crippen LogP contribution is 2.35. The summed E-state index contributed by atoms with van der Waals surface area (Å²) in [6.45, 7) is 1.32. The highest BCUT2D eigenvalue weighted by atomic mass is 16.2. The first-order valence-electron chi connectivity index (χ1n) is 8.15. The normalized spacial score (nSPS) is 27.0. The Morgan fingerprint density at radius 3 is 2.73 bits per heavy atom. The van der Waals surface area contributed by atoms with Crippen LogP contribution >= 0.6 is 0 Å². The summed E-state index contributed by atoms with van der Waals surface area (Å²) in [7, 11) is 1.86. The number of likely N-dealkylation sites (N-methyl/N-ethyl adjacent to an activating group) is 1. The highest BCUT2D eigenvalue weighted by Gasteiger charge is 2.53. The van der Waals surface area contributed by atoms with Gasteiger partial charge in [0.05, 0.1) is 0 Å². The Bertz CT molecular complexity index is 487. The highest BCUT2D eigenvalue weighted by molar-refractivity contribution is 6.09. The maximum atomic E-state index is 12.6. The van der Waals surface area contributed by atoms with Crippen LogP contribution in [0.2, 0.25) is 0 Å². The van der Waals surface area contributed by atoms with Crippen LogP contribution in [0.5, 0.6) is 0 Å². The molecule has 7 heteroatoms. The van der Waals surface area contributed by atoms with Crippen LogP contribution in [-0.4, -0.2) is 65.9 Å². The molecule has 2 saturated heterocycles. The Morgan fingerprint density at radius 2 is 2.05 bits per heavy atom. The Hall–Kier alpha value is -1.63. The molecule has 122 valence electrons. The molecule has 0 radical (unpaired) electrons. The number of nitrogens with one attached hydrogen (secondary N) is 2. The molecule has 2 aliphatic heterocycles. The number of likely N-dealkylation sites (tertiary alicyclic amines) is 1. The molecule has 3 aliphatic rings. The van der Waals surface area contributed by atoms with Gasteiger partial charge in [0.25, 0.3) is 5.91 Å².